The molecule has 0 amide bonds. The number of carbonyl (C=O) groups excluding carboxylic acids is 1. The average molecular weight is 537 g/mol. The second kappa shape index (κ2) is 11.1. The Hall–Kier alpha value is -2.05. The molecular weight excluding hydrogens is 488 g/mol. The zero-order chi connectivity index (χ0) is 28.6. The van der Waals surface area contributed by atoms with Crippen molar-refractivity contribution in [2.75, 3.05) is 13.2 Å². The number of aliphatic hydroxyl groups is 4. The molecule has 3 fully saturated rings. The minimum Gasteiger partial charge on any atom is -0.396 e. The highest BCUT2D eigenvalue weighted by Crippen LogP contribution is 2.79. The summed E-state index contributed by atoms with van der Waals surface area (Å²) in [6, 6.07) is 0. The first kappa shape index (κ1) is 29.9. The quantitative estimate of drug-likeness (QED) is 0.127. The van der Waals surface area contributed by atoms with E-state index in [1.54, 1.807) is 0 Å². The fourth-order valence-corrected chi connectivity index (χ4v) is 9.30. The average Bonchev–Trinajstić information content (AvgIpc) is 3.09. The molecule has 2 spiro atoms. The van der Waals surface area contributed by atoms with Gasteiger partial charge in [0.25, 0.3) is 0 Å². The van der Waals surface area contributed by atoms with Crippen LogP contribution in [0.25, 0.3) is 0 Å². The Morgan fingerprint density at radius 2 is 1.85 bits per heavy atom. The molecule has 0 aromatic carbocycles. The number of hydrogen-bond donors (Lipinski definition) is 4. The van der Waals surface area contributed by atoms with Crippen molar-refractivity contribution in [3.63, 3.8) is 0 Å². The van der Waals surface area contributed by atoms with E-state index >= 15 is 0 Å². The highest BCUT2D eigenvalue weighted by molar-refractivity contribution is 5.75. The van der Waals surface area contributed by atoms with E-state index in [0.717, 1.165) is 35.8 Å². The SMILES string of the molecule is C=C(C=CC=C(CO)C12CCC34C(=C(C)C=O)C(C=CC3CCO)CC(C)(O)C4(CC1)C2O)CCC=C(C)C. The van der Waals surface area contributed by atoms with E-state index in [-0.39, 0.29) is 25.0 Å². The molecule has 3 saturated carbocycles. The van der Waals surface area contributed by atoms with Gasteiger partial charge in [-0.3, -0.25) is 4.79 Å². The van der Waals surface area contributed by atoms with Crippen molar-refractivity contribution in [1.29, 1.82) is 0 Å². The number of hydrogen-bond acceptors (Lipinski definition) is 5. The maximum Gasteiger partial charge on any atom is 0.145 e. The normalized spacial score (nSPS) is 40.4. The van der Waals surface area contributed by atoms with Crippen molar-refractivity contribution in [3.05, 3.63) is 70.9 Å². The molecule has 4 bridgehead atoms. The first-order valence-electron chi connectivity index (χ1n) is 14.6. The number of fused-ring (bicyclic) bond motifs is 2. The van der Waals surface area contributed by atoms with Crippen LogP contribution in [-0.2, 0) is 4.79 Å². The molecule has 39 heavy (non-hydrogen) atoms. The van der Waals surface area contributed by atoms with Crippen LogP contribution in [0, 0.1) is 28.1 Å². The molecule has 5 nitrogen and oxygen atoms in total. The summed E-state index contributed by atoms with van der Waals surface area (Å²) in [6.07, 6.45) is 17.7. The summed E-state index contributed by atoms with van der Waals surface area (Å²) < 4.78 is 0. The highest BCUT2D eigenvalue weighted by atomic mass is 16.3. The van der Waals surface area contributed by atoms with E-state index in [2.05, 4.69) is 38.7 Å². The van der Waals surface area contributed by atoms with Crippen molar-refractivity contribution in [2.45, 2.75) is 90.8 Å². The highest BCUT2D eigenvalue weighted by Gasteiger charge is 2.79. The first-order valence-corrected chi connectivity index (χ1v) is 14.6. The summed E-state index contributed by atoms with van der Waals surface area (Å²) in [4.78, 5) is 12.2. The van der Waals surface area contributed by atoms with Crippen LogP contribution in [0.15, 0.2) is 70.9 Å². The summed E-state index contributed by atoms with van der Waals surface area (Å²) in [5, 5.41) is 45.3. The van der Waals surface area contributed by atoms with Crippen LogP contribution < -0.4 is 0 Å². The molecule has 0 radical (unpaired) electrons. The van der Waals surface area contributed by atoms with Gasteiger partial charge in [-0.25, -0.2) is 0 Å². The van der Waals surface area contributed by atoms with Crippen LogP contribution in [0.5, 0.6) is 0 Å². The van der Waals surface area contributed by atoms with Crippen LogP contribution in [0.1, 0.15) is 79.1 Å². The molecule has 5 heteroatoms. The van der Waals surface area contributed by atoms with Gasteiger partial charge in [0, 0.05) is 28.8 Å². The van der Waals surface area contributed by atoms with Gasteiger partial charge in [0.15, 0.2) is 0 Å². The van der Waals surface area contributed by atoms with Crippen molar-refractivity contribution in [2.24, 2.45) is 28.1 Å². The molecule has 4 N–H and O–H groups in total. The molecule has 0 aromatic rings. The van der Waals surface area contributed by atoms with Crippen molar-refractivity contribution >= 4 is 6.29 Å². The minimum atomic E-state index is -1.18. The van der Waals surface area contributed by atoms with E-state index in [4.69, 9.17) is 0 Å². The molecule has 0 saturated heterocycles. The Labute approximate surface area is 234 Å². The maximum absolute atomic E-state index is 12.5. The zero-order valence-electron chi connectivity index (χ0n) is 24.2. The number of allylic oxidation sites excluding steroid dienone is 10. The van der Waals surface area contributed by atoms with Crippen LogP contribution in [0.3, 0.4) is 0 Å². The molecule has 7 atom stereocenters. The second-order valence-electron chi connectivity index (χ2n) is 13.0. The first-order chi connectivity index (χ1) is 18.5. The third-order valence-corrected chi connectivity index (χ3v) is 10.9. The van der Waals surface area contributed by atoms with Crippen molar-refractivity contribution in [1.82, 2.24) is 0 Å². The Balaban J connectivity index is 1.78. The van der Waals surface area contributed by atoms with Gasteiger partial charge in [-0.05, 0) is 102 Å². The standard InChI is InChI=1S/C34H48O5/c1-23(2)8-6-9-24(3)10-7-11-28(22-37)32-15-17-33-27(14-19-35)13-12-26(29(33)25(4)21-36)20-31(5,39)34(33,18-16-32)30(32)38/h7-8,10-13,21,26-27,30,35,37-39H,3,6,9,14-20,22H2,1-2,4-5H3. The lowest BCUT2D eigenvalue weighted by Crippen LogP contribution is -2.72. The lowest BCUT2D eigenvalue weighted by atomic mass is 9.35. The molecule has 0 heterocycles. The Kier molecular flexibility index (Phi) is 8.50. The van der Waals surface area contributed by atoms with E-state index in [0.29, 0.717) is 44.1 Å². The van der Waals surface area contributed by atoms with Gasteiger partial charge in [-0.15, -0.1) is 0 Å². The Morgan fingerprint density at radius 1 is 1.13 bits per heavy atom. The molecule has 0 aromatic heterocycles. The van der Waals surface area contributed by atoms with Crippen molar-refractivity contribution in [3.8, 4) is 0 Å². The smallest absolute Gasteiger partial charge is 0.145 e. The second-order valence-corrected chi connectivity index (χ2v) is 13.0. The van der Waals surface area contributed by atoms with E-state index < -0.39 is 27.9 Å². The monoisotopic (exact) mass is 536 g/mol. The summed E-state index contributed by atoms with van der Waals surface area (Å²) in [6.45, 7) is 11.9. The van der Waals surface area contributed by atoms with Crippen LogP contribution >= 0.6 is 0 Å². The van der Waals surface area contributed by atoms with Gasteiger partial charge >= 0.3 is 0 Å². The topological polar surface area (TPSA) is 98.0 Å². The predicted molar refractivity (Wildman–Crippen MR) is 156 cm³/mol. The van der Waals surface area contributed by atoms with Crippen LogP contribution in [0.2, 0.25) is 0 Å². The van der Waals surface area contributed by atoms with Crippen LogP contribution in [-0.4, -0.2) is 51.6 Å². The maximum atomic E-state index is 12.5. The lowest BCUT2D eigenvalue weighted by molar-refractivity contribution is -0.247. The lowest BCUT2D eigenvalue weighted by Gasteiger charge is -2.70. The summed E-state index contributed by atoms with van der Waals surface area (Å²) in [5.41, 5.74) is 1.44. The molecular formula is C34H48O5. The largest absolute Gasteiger partial charge is 0.396 e. The number of aliphatic hydroxyl groups excluding tert-OH is 3. The zero-order valence-corrected chi connectivity index (χ0v) is 24.2. The van der Waals surface area contributed by atoms with Gasteiger partial charge in [-0.1, -0.05) is 54.2 Å². The Morgan fingerprint density at radius 3 is 2.49 bits per heavy atom. The van der Waals surface area contributed by atoms with E-state index in [1.165, 1.54) is 5.57 Å². The summed E-state index contributed by atoms with van der Waals surface area (Å²) >= 11 is 0. The third-order valence-electron chi connectivity index (χ3n) is 10.9. The third kappa shape index (κ3) is 4.41. The molecule has 7 unspecified atom stereocenters. The molecule has 4 aliphatic carbocycles. The fraction of sp³-hybridized carbons (Fsp3) is 0.618. The van der Waals surface area contributed by atoms with Gasteiger partial charge in [0.2, 0.25) is 0 Å². The van der Waals surface area contributed by atoms with Gasteiger partial charge in [-0.2, -0.15) is 0 Å². The molecule has 0 aliphatic heterocycles. The Bertz CT molecular complexity index is 1130. The number of rotatable bonds is 10. The summed E-state index contributed by atoms with van der Waals surface area (Å²) in [5.74, 6) is -0.161. The van der Waals surface area contributed by atoms with Gasteiger partial charge in [0.05, 0.1) is 18.3 Å². The summed E-state index contributed by atoms with van der Waals surface area (Å²) in [7, 11) is 0. The molecule has 4 aliphatic rings. The predicted octanol–water partition coefficient (Wildman–Crippen LogP) is 5.53. The molecule has 214 valence electrons. The van der Waals surface area contributed by atoms with E-state index in [9.17, 15) is 25.2 Å². The minimum absolute atomic E-state index is 0.00160. The van der Waals surface area contributed by atoms with E-state index in [1.807, 2.05) is 32.1 Å². The molecule has 4 rings (SSSR count). The van der Waals surface area contributed by atoms with Gasteiger partial charge < -0.3 is 20.4 Å². The number of carbonyl (C=O) groups is 1. The van der Waals surface area contributed by atoms with Gasteiger partial charge in [0.1, 0.15) is 6.29 Å². The number of aldehydes is 1. The van der Waals surface area contributed by atoms with Crippen LogP contribution in [0.4, 0.5) is 0 Å². The fourth-order valence-electron chi connectivity index (χ4n) is 9.30. The van der Waals surface area contributed by atoms with Crippen molar-refractivity contribution < 1.29 is 25.2 Å².